The van der Waals surface area contributed by atoms with E-state index < -0.39 is 10.0 Å². The molecule has 0 aromatic heterocycles. The number of sulfonamides is 1. The zero-order valence-corrected chi connectivity index (χ0v) is 16.9. The van der Waals surface area contributed by atoms with E-state index in [1.165, 1.54) is 16.4 Å². The number of carbonyl (C=O) groups excluding carboxylic acids is 1. The number of benzene rings is 2. The van der Waals surface area contributed by atoms with Crippen molar-refractivity contribution in [3.05, 3.63) is 59.7 Å². The fourth-order valence-corrected chi connectivity index (χ4v) is 4.45. The minimum Gasteiger partial charge on any atom is -0.348 e. The quantitative estimate of drug-likeness (QED) is 0.700. The molecule has 0 radical (unpaired) electrons. The molecule has 7 heteroatoms. The van der Waals surface area contributed by atoms with Gasteiger partial charge < -0.3 is 5.32 Å². The van der Waals surface area contributed by atoms with Crippen molar-refractivity contribution in [1.82, 2.24) is 9.62 Å². The number of hydrogen-bond acceptors (Lipinski definition) is 4. The number of carbonyl (C=O) groups is 1. The van der Waals surface area contributed by atoms with Crippen molar-refractivity contribution in [2.24, 2.45) is 0 Å². The van der Waals surface area contributed by atoms with Crippen LogP contribution in [0.4, 0.5) is 0 Å². The Labute approximate surface area is 159 Å². The highest BCUT2D eigenvalue weighted by Gasteiger charge is 2.22. The number of rotatable bonds is 8. The fourth-order valence-electron chi connectivity index (χ4n) is 2.54. The van der Waals surface area contributed by atoms with Crippen LogP contribution in [0.5, 0.6) is 0 Å². The summed E-state index contributed by atoms with van der Waals surface area (Å²) in [5, 5.41) is 2.83. The molecule has 1 amide bonds. The summed E-state index contributed by atoms with van der Waals surface area (Å²) >= 11 is 1.66. The highest BCUT2D eigenvalue weighted by Crippen LogP contribution is 2.17. The van der Waals surface area contributed by atoms with Crippen molar-refractivity contribution in [1.29, 1.82) is 0 Å². The second-order valence-electron chi connectivity index (χ2n) is 5.65. The van der Waals surface area contributed by atoms with E-state index in [1.807, 2.05) is 30.5 Å². The van der Waals surface area contributed by atoms with E-state index in [9.17, 15) is 13.2 Å². The van der Waals surface area contributed by atoms with E-state index in [0.29, 0.717) is 25.2 Å². The Hall–Kier alpha value is -1.83. The first-order valence-electron chi connectivity index (χ1n) is 8.43. The third-order valence-corrected chi connectivity index (χ3v) is 6.84. The molecule has 0 fully saturated rings. The first kappa shape index (κ1) is 20.5. The third kappa shape index (κ3) is 4.87. The van der Waals surface area contributed by atoms with E-state index in [0.717, 1.165) is 10.5 Å². The number of hydrogen-bond donors (Lipinski definition) is 1. The Balaban J connectivity index is 2.12. The van der Waals surface area contributed by atoms with Gasteiger partial charge in [-0.1, -0.05) is 32.0 Å². The molecule has 140 valence electrons. The van der Waals surface area contributed by atoms with Gasteiger partial charge in [0.05, 0.1) is 4.90 Å². The molecule has 2 aromatic carbocycles. The molecule has 0 heterocycles. The van der Waals surface area contributed by atoms with E-state index in [-0.39, 0.29) is 10.8 Å². The molecule has 0 aliphatic heterocycles. The second kappa shape index (κ2) is 9.21. The van der Waals surface area contributed by atoms with Gasteiger partial charge in [-0.25, -0.2) is 8.42 Å². The van der Waals surface area contributed by atoms with Gasteiger partial charge in [-0.2, -0.15) is 4.31 Å². The largest absolute Gasteiger partial charge is 0.348 e. The zero-order valence-electron chi connectivity index (χ0n) is 15.2. The molecule has 0 atom stereocenters. The van der Waals surface area contributed by atoms with Crippen LogP contribution >= 0.6 is 11.8 Å². The van der Waals surface area contributed by atoms with Crippen LogP contribution in [-0.4, -0.2) is 38.0 Å². The molecule has 0 spiro atoms. The molecular formula is C19H24N2O3S2. The average molecular weight is 393 g/mol. The van der Waals surface area contributed by atoms with Crippen LogP contribution in [0.1, 0.15) is 29.8 Å². The lowest BCUT2D eigenvalue weighted by Crippen LogP contribution is -2.31. The summed E-state index contributed by atoms with van der Waals surface area (Å²) in [5.41, 5.74) is 1.32. The Bertz CT molecular complexity index is 845. The lowest BCUT2D eigenvalue weighted by Gasteiger charge is -2.18. The van der Waals surface area contributed by atoms with E-state index >= 15 is 0 Å². The van der Waals surface area contributed by atoms with Crippen molar-refractivity contribution in [3.63, 3.8) is 0 Å². The van der Waals surface area contributed by atoms with Gasteiger partial charge in [0.15, 0.2) is 0 Å². The Morgan fingerprint density at radius 3 is 2.31 bits per heavy atom. The average Bonchev–Trinajstić information content (AvgIpc) is 2.67. The Morgan fingerprint density at radius 1 is 1.08 bits per heavy atom. The summed E-state index contributed by atoms with van der Waals surface area (Å²) in [4.78, 5) is 13.7. The van der Waals surface area contributed by atoms with Crippen LogP contribution in [0.15, 0.2) is 58.3 Å². The van der Waals surface area contributed by atoms with Gasteiger partial charge in [0.1, 0.15) is 0 Å². The maximum atomic E-state index is 12.6. The molecule has 0 aliphatic rings. The molecular weight excluding hydrogens is 368 g/mol. The predicted molar refractivity (Wildman–Crippen MR) is 106 cm³/mol. The van der Waals surface area contributed by atoms with Crippen molar-refractivity contribution in [2.75, 3.05) is 19.3 Å². The van der Waals surface area contributed by atoms with Crippen molar-refractivity contribution < 1.29 is 13.2 Å². The fraction of sp³-hybridized carbons (Fsp3) is 0.316. The smallest absolute Gasteiger partial charge is 0.251 e. The molecule has 2 aromatic rings. The summed E-state index contributed by atoms with van der Waals surface area (Å²) in [7, 11) is -3.58. The Morgan fingerprint density at radius 2 is 1.73 bits per heavy atom. The standard InChI is InChI=1S/C19H24N2O3S2/c1-4-21(5-2)26(23,24)18-8-6-7-16(13-18)19(22)20-14-15-9-11-17(25-3)12-10-15/h6-13H,4-5,14H2,1-3H3,(H,20,22). The van der Waals surface area contributed by atoms with Gasteiger partial charge >= 0.3 is 0 Å². The molecule has 0 unspecified atom stereocenters. The lowest BCUT2D eigenvalue weighted by molar-refractivity contribution is 0.0950. The van der Waals surface area contributed by atoms with Crippen LogP contribution in [0.2, 0.25) is 0 Å². The molecule has 26 heavy (non-hydrogen) atoms. The summed E-state index contributed by atoms with van der Waals surface area (Å²) in [6.45, 7) is 4.75. The van der Waals surface area contributed by atoms with E-state index in [2.05, 4.69) is 5.32 Å². The Kier molecular flexibility index (Phi) is 7.25. The summed E-state index contributed by atoms with van der Waals surface area (Å²) in [6.07, 6.45) is 2.01. The predicted octanol–water partition coefficient (Wildman–Crippen LogP) is 3.37. The maximum Gasteiger partial charge on any atom is 0.251 e. The SMILES string of the molecule is CCN(CC)S(=O)(=O)c1cccc(C(=O)NCc2ccc(SC)cc2)c1. The van der Waals surface area contributed by atoms with Crippen molar-refractivity contribution in [3.8, 4) is 0 Å². The zero-order chi connectivity index (χ0) is 19.2. The first-order valence-corrected chi connectivity index (χ1v) is 11.1. The summed E-state index contributed by atoms with van der Waals surface area (Å²) < 4.78 is 26.6. The summed E-state index contributed by atoms with van der Waals surface area (Å²) in [5.74, 6) is -0.296. The number of nitrogens with one attached hydrogen (secondary N) is 1. The van der Waals surface area contributed by atoms with Gasteiger partial charge in [0, 0.05) is 30.1 Å². The van der Waals surface area contributed by atoms with Crippen molar-refractivity contribution >= 4 is 27.7 Å². The molecule has 0 bridgehead atoms. The molecule has 5 nitrogen and oxygen atoms in total. The van der Waals surface area contributed by atoms with Gasteiger partial charge in [-0.05, 0) is 42.2 Å². The number of nitrogens with zero attached hydrogens (tertiary/aromatic N) is 1. The van der Waals surface area contributed by atoms with Crippen LogP contribution in [0, 0.1) is 0 Å². The van der Waals surface area contributed by atoms with Gasteiger partial charge in [-0.3, -0.25) is 4.79 Å². The van der Waals surface area contributed by atoms with Gasteiger partial charge in [0.2, 0.25) is 10.0 Å². The molecule has 0 aliphatic carbocycles. The first-order chi connectivity index (χ1) is 12.4. The van der Waals surface area contributed by atoms with E-state index in [4.69, 9.17) is 0 Å². The van der Waals surface area contributed by atoms with Gasteiger partial charge in [-0.15, -0.1) is 11.8 Å². The summed E-state index contributed by atoms with van der Waals surface area (Å²) in [6, 6.07) is 14.1. The lowest BCUT2D eigenvalue weighted by atomic mass is 10.2. The maximum absolute atomic E-state index is 12.6. The molecule has 0 saturated heterocycles. The number of thioether (sulfide) groups is 1. The topological polar surface area (TPSA) is 66.5 Å². The van der Waals surface area contributed by atoms with Crippen LogP contribution < -0.4 is 5.32 Å². The highest BCUT2D eigenvalue weighted by molar-refractivity contribution is 7.98. The van der Waals surface area contributed by atoms with Crippen LogP contribution in [0.25, 0.3) is 0 Å². The normalized spacial score (nSPS) is 11.5. The molecule has 1 N–H and O–H groups in total. The third-order valence-electron chi connectivity index (χ3n) is 4.05. The highest BCUT2D eigenvalue weighted by atomic mass is 32.2. The molecule has 2 rings (SSSR count). The monoisotopic (exact) mass is 392 g/mol. The van der Waals surface area contributed by atoms with Crippen LogP contribution in [0.3, 0.4) is 0 Å². The minimum absolute atomic E-state index is 0.137. The number of amides is 1. The van der Waals surface area contributed by atoms with E-state index in [1.54, 1.807) is 37.7 Å². The van der Waals surface area contributed by atoms with Crippen molar-refractivity contribution in [2.45, 2.75) is 30.2 Å². The van der Waals surface area contributed by atoms with Crippen LogP contribution in [-0.2, 0) is 16.6 Å². The second-order valence-corrected chi connectivity index (χ2v) is 8.47. The van der Waals surface area contributed by atoms with Gasteiger partial charge in [0.25, 0.3) is 5.91 Å². The molecule has 0 saturated carbocycles. The minimum atomic E-state index is -3.58.